The van der Waals surface area contributed by atoms with E-state index in [0.717, 1.165) is 63.7 Å². The van der Waals surface area contributed by atoms with Crippen LogP contribution < -0.4 is 0 Å². The standard InChI is InChI=1S/C52H100O6/c1-5-7-9-11-13-15-17-18-19-20-21-22-23-24-28-31-35-39-43-50(53)56-46-49(58-52(55)45-41-37-33-27-16-14-12-10-8-6-2)47-57-51(54)44-40-36-32-29-25-26-30-34-38-42-48(3)4/h48-49H,5-47H2,1-4H3/t49-/m0/s1. The van der Waals surface area contributed by atoms with Gasteiger partial charge in [0.25, 0.3) is 0 Å². The average molecular weight is 821 g/mol. The zero-order chi connectivity index (χ0) is 42.4. The molecule has 0 unspecified atom stereocenters. The smallest absolute Gasteiger partial charge is 0.306 e. The highest BCUT2D eigenvalue weighted by atomic mass is 16.6. The lowest BCUT2D eigenvalue weighted by atomic mass is 10.0. The maximum absolute atomic E-state index is 12.7. The first-order valence-corrected chi connectivity index (χ1v) is 25.9. The molecular formula is C52H100O6. The predicted molar refractivity (Wildman–Crippen MR) is 247 cm³/mol. The van der Waals surface area contributed by atoms with Crippen LogP contribution in [-0.2, 0) is 28.6 Å². The zero-order valence-corrected chi connectivity index (χ0v) is 39.5. The molecule has 0 bridgehead atoms. The number of hydrogen-bond donors (Lipinski definition) is 0. The third-order valence-corrected chi connectivity index (χ3v) is 11.8. The molecule has 0 N–H and O–H groups in total. The summed E-state index contributed by atoms with van der Waals surface area (Å²) in [6.07, 6.45) is 48.1. The molecule has 1 atom stereocenters. The van der Waals surface area contributed by atoms with E-state index in [4.69, 9.17) is 14.2 Å². The van der Waals surface area contributed by atoms with Crippen LogP contribution in [-0.4, -0.2) is 37.2 Å². The summed E-state index contributed by atoms with van der Waals surface area (Å²) in [5.41, 5.74) is 0. The van der Waals surface area contributed by atoms with Crippen molar-refractivity contribution in [3.05, 3.63) is 0 Å². The Kier molecular flexibility index (Phi) is 45.2. The van der Waals surface area contributed by atoms with Crippen LogP contribution in [0.25, 0.3) is 0 Å². The molecule has 0 aromatic carbocycles. The number of carbonyl (C=O) groups is 3. The van der Waals surface area contributed by atoms with E-state index in [0.29, 0.717) is 19.3 Å². The minimum atomic E-state index is -0.760. The molecule has 0 saturated carbocycles. The normalized spacial score (nSPS) is 11.9. The Balaban J connectivity index is 4.23. The van der Waals surface area contributed by atoms with Crippen LogP contribution in [0.4, 0.5) is 0 Å². The largest absolute Gasteiger partial charge is 0.462 e. The van der Waals surface area contributed by atoms with Gasteiger partial charge in [-0.25, -0.2) is 0 Å². The monoisotopic (exact) mass is 821 g/mol. The fourth-order valence-corrected chi connectivity index (χ4v) is 7.86. The number of unbranched alkanes of at least 4 members (excludes halogenated alkanes) is 34. The van der Waals surface area contributed by atoms with Crippen molar-refractivity contribution in [1.82, 2.24) is 0 Å². The molecule has 344 valence electrons. The lowest BCUT2D eigenvalue weighted by molar-refractivity contribution is -0.167. The lowest BCUT2D eigenvalue weighted by Gasteiger charge is -2.18. The molecule has 0 spiro atoms. The number of ether oxygens (including phenoxy) is 3. The Bertz CT molecular complexity index is 872. The van der Waals surface area contributed by atoms with Crippen molar-refractivity contribution >= 4 is 17.9 Å². The Morgan fingerprint density at radius 2 is 0.569 bits per heavy atom. The lowest BCUT2D eigenvalue weighted by Crippen LogP contribution is -2.30. The van der Waals surface area contributed by atoms with Gasteiger partial charge in [-0.1, -0.05) is 252 Å². The summed E-state index contributed by atoms with van der Waals surface area (Å²) in [5.74, 6) is -0.0392. The number of carbonyl (C=O) groups excluding carboxylic acids is 3. The SMILES string of the molecule is CCCCCCCCCCCCCCCCCCCCC(=O)OC[C@@H](COC(=O)CCCCCCCCCCCC(C)C)OC(=O)CCCCCCCCCCCC. The molecule has 0 aromatic heterocycles. The minimum absolute atomic E-state index is 0.0631. The van der Waals surface area contributed by atoms with Crippen LogP contribution in [0.3, 0.4) is 0 Å². The van der Waals surface area contributed by atoms with Crippen LogP contribution in [0.5, 0.6) is 0 Å². The van der Waals surface area contributed by atoms with Gasteiger partial charge >= 0.3 is 17.9 Å². The van der Waals surface area contributed by atoms with E-state index in [1.54, 1.807) is 0 Å². The molecule has 0 rings (SSSR count). The summed E-state index contributed by atoms with van der Waals surface area (Å²) < 4.78 is 16.8. The molecule has 0 fully saturated rings. The van der Waals surface area contributed by atoms with Crippen LogP contribution in [0.15, 0.2) is 0 Å². The number of esters is 3. The third kappa shape index (κ3) is 45.5. The van der Waals surface area contributed by atoms with E-state index in [9.17, 15) is 14.4 Å². The molecule has 0 aromatic rings. The minimum Gasteiger partial charge on any atom is -0.462 e. The molecule has 0 aliphatic rings. The van der Waals surface area contributed by atoms with E-state index < -0.39 is 6.10 Å². The van der Waals surface area contributed by atoms with E-state index in [2.05, 4.69) is 27.7 Å². The van der Waals surface area contributed by atoms with Crippen molar-refractivity contribution in [2.24, 2.45) is 5.92 Å². The van der Waals surface area contributed by atoms with Gasteiger partial charge in [-0.3, -0.25) is 14.4 Å². The quantitative estimate of drug-likeness (QED) is 0.0346. The zero-order valence-electron chi connectivity index (χ0n) is 39.5. The number of hydrogen-bond acceptors (Lipinski definition) is 6. The van der Waals surface area contributed by atoms with Gasteiger partial charge in [-0.2, -0.15) is 0 Å². The Labute approximate surface area is 361 Å². The van der Waals surface area contributed by atoms with Gasteiger partial charge in [-0.15, -0.1) is 0 Å². The molecule has 0 heterocycles. The predicted octanol–water partition coefficient (Wildman–Crippen LogP) is 16.7. The average Bonchev–Trinajstić information content (AvgIpc) is 3.21. The van der Waals surface area contributed by atoms with Gasteiger partial charge in [0, 0.05) is 19.3 Å². The third-order valence-electron chi connectivity index (χ3n) is 11.8. The second-order valence-corrected chi connectivity index (χ2v) is 18.3. The summed E-state index contributed by atoms with van der Waals surface area (Å²) in [5, 5.41) is 0. The van der Waals surface area contributed by atoms with Gasteiger partial charge in [0.2, 0.25) is 0 Å². The summed E-state index contributed by atoms with van der Waals surface area (Å²) in [7, 11) is 0. The van der Waals surface area contributed by atoms with E-state index in [1.165, 1.54) is 186 Å². The van der Waals surface area contributed by atoms with Crippen molar-refractivity contribution in [2.45, 2.75) is 297 Å². The fraction of sp³-hybridized carbons (Fsp3) is 0.942. The topological polar surface area (TPSA) is 78.9 Å². The summed E-state index contributed by atoms with van der Waals surface area (Å²) in [6, 6.07) is 0. The second kappa shape index (κ2) is 46.5. The van der Waals surface area contributed by atoms with E-state index in [1.807, 2.05) is 0 Å². The second-order valence-electron chi connectivity index (χ2n) is 18.3. The van der Waals surface area contributed by atoms with E-state index >= 15 is 0 Å². The molecule has 58 heavy (non-hydrogen) atoms. The molecular weight excluding hydrogens is 721 g/mol. The van der Waals surface area contributed by atoms with Crippen LogP contribution in [0.2, 0.25) is 0 Å². The summed E-state index contributed by atoms with van der Waals surface area (Å²) in [4.78, 5) is 37.9. The highest BCUT2D eigenvalue weighted by molar-refractivity contribution is 5.71. The number of rotatable bonds is 47. The molecule has 0 aliphatic carbocycles. The van der Waals surface area contributed by atoms with Crippen molar-refractivity contribution in [3.63, 3.8) is 0 Å². The Morgan fingerprint density at radius 3 is 0.845 bits per heavy atom. The first kappa shape index (κ1) is 56.4. The van der Waals surface area contributed by atoms with Crippen molar-refractivity contribution in [3.8, 4) is 0 Å². The summed E-state index contributed by atoms with van der Waals surface area (Å²) >= 11 is 0. The fourth-order valence-electron chi connectivity index (χ4n) is 7.86. The Hall–Kier alpha value is -1.59. The summed E-state index contributed by atoms with van der Waals surface area (Å²) in [6.45, 7) is 8.99. The molecule has 0 saturated heterocycles. The van der Waals surface area contributed by atoms with Crippen LogP contribution in [0, 0.1) is 5.92 Å². The molecule has 6 nitrogen and oxygen atoms in total. The van der Waals surface area contributed by atoms with Gasteiger partial charge in [0.05, 0.1) is 0 Å². The maximum Gasteiger partial charge on any atom is 0.306 e. The maximum atomic E-state index is 12.7. The van der Waals surface area contributed by atoms with Gasteiger partial charge in [0.1, 0.15) is 13.2 Å². The Morgan fingerprint density at radius 1 is 0.328 bits per heavy atom. The van der Waals surface area contributed by atoms with Crippen LogP contribution >= 0.6 is 0 Å². The molecule has 0 aliphatic heterocycles. The van der Waals surface area contributed by atoms with E-state index in [-0.39, 0.29) is 31.1 Å². The molecule has 0 amide bonds. The van der Waals surface area contributed by atoms with Crippen LogP contribution in [0.1, 0.15) is 291 Å². The van der Waals surface area contributed by atoms with Gasteiger partial charge in [-0.05, 0) is 25.2 Å². The van der Waals surface area contributed by atoms with Crippen molar-refractivity contribution < 1.29 is 28.6 Å². The highest BCUT2D eigenvalue weighted by Crippen LogP contribution is 2.17. The van der Waals surface area contributed by atoms with Crippen molar-refractivity contribution in [2.75, 3.05) is 13.2 Å². The molecule has 6 heteroatoms. The molecule has 0 radical (unpaired) electrons. The first-order valence-electron chi connectivity index (χ1n) is 25.9. The first-order chi connectivity index (χ1) is 28.4. The van der Waals surface area contributed by atoms with Gasteiger partial charge in [0.15, 0.2) is 6.10 Å². The van der Waals surface area contributed by atoms with Gasteiger partial charge < -0.3 is 14.2 Å². The highest BCUT2D eigenvalue weighted by Gasteiger charge is 2.19. The van der Waals surface area contributed by atoms with Crippen molar-refractivity contribution in [1.29, 1.82) is 0 Å².